The molecule has 5 heteroatoms. The molecule has 2 aliphatic rings. The number of carbonyl (C=O) groups is 1. The summed E-state index contributed by atoms with van der Waals surface area (Å²) in [5, 5.41) is 3.27. The molecule has 3 rings (SSSR count). The van der Waals surface area contributed by atoms with E-state index >= 15 is 0 Å². The highest BCUT2D eigenvalue weighted by Gasteiger charge is 2.28. The first-order chi connectivity index (χ1) is 7.77. The summed E-state index contributed by atoms with van der Waals surface area (Å²) in [6, 6.07) is 3.66. The molecule has 0 aromatic carbocycles. The highest BCUT2D eigenvalue weighted by Crippen LogP contribution is 2.29. The summed E-state index contributed by atoms with van der Waals surface area (Å²) in [5.41, 5.74) is 8.75. The van der Waals surface area contributed by atoms with Gasteiger partial charge in [-0.1, -0.05) is 0 Å². The number of nitrogens with two attached hydrogens (primary N) is 1. The van der Waals surface area contributed by atoms with Crippen LogP contribution in [0, 0.1) is 0 Å². The molecule has 2 amide bonds. The summed E-state index contributed by atoms with van der Waals surface area (Å²) in [4.78, 5) is 13.1. The van der Waals surface area contributed by atoms with Crippen LogP contribution >= 0.6 is 0 Å². The fraction of sp³-hybridized carbons (Fsp3) is 0.364. The van der Waals surface area contributed by atoms with Gasteiger partial charge in [0, 0.05) is 37.1 Å². The molecule has 0 saturated carbocycles. The fourth-order valence-electron chi connectivity index (χ4n) is 2.45. The van der Waals surface area contributed by atoms with Crippen molar-refractivity contribution in [1.82, 2.24) is 14.8 Å². The normalized spacial score (nSPS) is 19.4. The Kier molecular flexibility index (Phi) is 2.00. The number of fused-ring (bicyclic) bond motifs is 2. The third-order valence-corrected chi connectivity index (χ3v) is 3.20. The number of amides is 2. The molecule has 0 spiro atoms. The van der Waals surface area contributed by atoms with Gasteiger partial charge < -0.3 is 15.6 Å². The summed E-state index contributed by atoms with van der Waals surface area (Å²) in [6.07, 6.45) is 2.98. The zero-order chi connectivity index (χ0) is 11.1. The Balaban J connectivity index is 2.13. The SMILES string of the molecule is NC(=O)N1Cc2cccn2C2=C1CNCC2. The molecule has 5 nitrogen and oxygen atoms in total. The third kappa shape index (κ3) is 1.25. The average molecular weight is 218 g/mol. The van der Waals surface area contributed by atoms with Gasteiger partial charge in [0.2, 0.25) is 0 Å². The number of hydrogen-bond acceptors (Lipinski definition) is 2. The van der Waals surface area contributed by atoms with Gasteiger partial charge in [-0.3, -0.25) is 4.90 Å². The second-order valence-corrected chi connectivity index (χ2v) is 4.11. The Bertz CT molecular complexity index is 474. The number of aromatic nitrogens is 1. The fourth-order valence-corrected chi connectivity index (χ4v) is 2.45. The van der Waals surface area contributed by atoms with Crippen LogP contribution in [0.15, 0.2) is 24.0 Å². The van der Waals surface area contributed by atoms with E-state index in [1.807, 2.05) is 18.3 Å². The molecule has 1 aromatic rings. The van der Waals surface area contributed by atoms with E-state index in [-0.39, 0.29) is 6.03 Å². The third-order valence-electron chi connectivity index (χ3n) is 3.20. The van der Waals surface area contributed by atoms with E-state index in [1.165, 1.54) is 5.70 Å². The number of nitrogens with zero attached hydrogens (tertiary/aromatic N) is 2. The second kappa shape index (κ2) is 3.38. The Labute approximate surface area is 93.5 Å². The summed E-state index contributed by atoms with van der Waals surface area (Å²) in [5.74, 6) is 0. The van der Waals surface area contributed by atoms with Gasteiger partial charge in [-0.2, -0.15) is 0 Å². The molecule has 3 heterocycles. The van der Waals surface area contributed by atoms with Crippen molar-refractivity contribution in [3.8, 4) is 0 Å². The lowest BCUT2D eigenvalue weighted by Crippen LogP contribution is -2.44. The van der Waals surface area contributed by atoms with Crippen molar-refractivity contribution < 1.29 is 4.79 Å². The lowest BCUT2D eigenvalue weighted by molar-refractivity contribution is 0.214. The maximum atomic E-state index is 11.4. The van der Waals surface area contributed by atoms with Gasteiger partial charge in [-0.15, -0.1) is 0 Å². The molecule has 3 N–H and O–H groups in total. The minimum Gasteiger partial charge on any atom is -0.351 e. The van der Waals surface area contributed by atoms with Crippen LogP contribution in [0.3, 0.4) is 0 Å². The van der Waals surface area contributed by atoms with E-state index in [9.17, 15) is 4.79 Å². The summed E-state index contributed by atoms with van der Waals surface area (Å²) < 4.78 is 2.18. The number of urea groups is 1. The second-order valence-electron chi connectivity index (χ2n) is 4.11. The predicted octanol–water partition coefficient (Wildman–Crippen LogP) is 0.544. The summed E-state index contributed by atoms with van der Waals surface area (Å²) in [7, 11) is 0. The Morgan fingerprint density at radius 2 is 2.31 bits per heavy atom. The molecular weight excluding hydrogens is 204 g/mol. The van der Waals surface area contributed by atoms with E-state index in [0.717, 1.165) is 30.9 Å². The van der Waals surface area contributed by atoms with Crippen molar-refractivity contribution in [2.24, 2.45) is 5.73 Å². The number of carbonyl (C=O) groups excluding carboxylic acids is 1. The lowest BCUT2D eigenvalue weighted by atomic mass is 10.1. The zero-order valence-electron chi connectivity index (χ0n) is 8.94. The smallest absolute Gasteiger partial charge is 0.319 e. The van der Waals surface area contributed by atoms with E-state index in [2.05, 4.69) is 9.88 Å². The van der Waals surface area contributed by atoms with Gasteiger partial charge >= 0.3 is 6.03 Å². The molecule has 1 aromatic heterocycles. The Hall–Kier alpha value is -1.75. The number of nitrogens with one attached hydrogen (secondary N) is 1. The summed E-state index contributed by atoms with van der Waals surface area (Å²) >= 11 is 0. The van der Waals surface area contributed by atoms with Crippen LogP contribution in [0.25, 0.3) is 5.70 Å². The predicted molar refractivity (Wildman–Crippen MR) is 60.3 cm³/mol. The number of rotatable bonds is 0. The molecule has 84 valence electrons. The van der Waals surface area contributed by atoms with E-state index in [0.29, 0.717) is 6.54 Å². The van der Waals surface area contributed by atoms with Crippen LogP contribution in [0.4, 0.5) is 4.79 Å². The van der Waals surface area contributed by atoms with Gasteiger partial charge in [0.1, 0.15) is 0 Å². The molecule has 0 radical (unpaired) electrons. The molecule has 0 atom stereocenters. The van der Waals surface area contributed by atoms with Crippen molar-refractivity contribution in [1.29, 1.82) is 0 Å². The molecule has 0 bridgehead atoms. The van der Waals surface area contributed by atoms with Gasteiger partial charge in [0.25, 0.3) is 0 Å². The monoisotopic (exact) mass is 218 g/mol. The number of primary amides is 1. The standard InChI is InChI=1S/C11H14N4O/c12-11(16)15-7-8-2-1-5-14(8)9-3-4-13-6-10(9)15/h1-2,5,13H,3-4,6-7H2,(H2,12,16). The summed E-state index contributed by atoms with van der Waals surface area (Å²) in [6.45, 7) is 2.24. The highest BCUT2D eigenvalue weighted by molar-refractivity contribution is 5.77. The van der Waals surface area contributed by atoms with Crippen LogP contribution in [-0.4, -0.2) is 28.6 Å². The van der Waals surface area contributed by atoms with Crippen molar-refractivity contribution in [3.05, 3.63) is 29.7 Å². The molecule has 16 heavy (non-hydrogen) atoms. The molecular formula is C11H14N4O. The first kappa shape index (κ1) is 9.47. The van der Waals surface area contributed by atoms with Gasteiger partial charge in [-0.05, 0) is 12.1 Å². The Morgan fingerprint density at radius 1 is 1.44 bits per heavy atom. The average Bonchev–Trinajstić information content (AvgIpc) is 2.75. The molecule has 2 aliphatic heterocycles. The van der Waals surface area contributed by atoms with Crippen LogP contribution in [0.2, 0.25) is 0 Å². The zero-order valence-corrected chi connectivity index (χ0v) is 8.94. The van der Waals surface area contributed by atoms with E-state index in [1.54, 1.807) is 4.90 Å². The highest BCUT2D eigenvalue weighted by atomic mass is 16.2. The maximum absolute atomic E-state index is 11.4. The van der Waals surface area contributed by atoms with Crippen LogP contribution in [-0.2, 0) is 6.54 Å². The molecule has 0 saturated heterocycles. The van der Waals surface area contributed by atoms with E-state index in [4.69, 9.17) is 5.73 Å². The van der Waals surface area contributed by atoms with E-state index < -0.39 is 0 Å². The van der Waals surface area contributed by atoms with Crippen molar-refractivity contribution >= 4 is 11.7 Å². The topological polar surface area (TPSA) is 63.3 Å². The van der Waals surface area contributed by atoms with Gasteiger partial charge in [0.05, 0.1) is 12.2 Å². The largest absolute Gasteiger partial charge is 0.351 e. The quantitative estimate of drug-likeness (QED) is 0.667. The van der Waals surface area contributed by atoms with Gasteiger partial charge in [0.15, 0.2) is 0 Å². The first-order valence-electron chi connectivity index (χ1n) is 5.43. The lowest BCUT2D eigenvalue weighted by Gasteiger charge is -2.35. The van der Waals surface area contributed by atoms with Gasteiger partial charge in [-0.25, -0.2) is 4.79 Å². The van der Waals surface area contributed by atoms with Crippen LogP contribution in [0.1, 0.15) is 12.1 Å². The molecule has 0 aliphatic carbocycles. The molecule has 0 unspecified atom stereocenters. The maximum Gasteiger partial charge on any atom is 0.319 e. The minimum atomic E-state index is -0.372. The molecule has 0 fully saturated rings. The first-order valence-corrected chi connectivity index (χ1v) is 5.43. The Morgan fingerprint density at radius 3 is 3.12 bits per heavy atom. The van der Waals surface area contributed by atoms with Crippen LogP contribution < -0.4 is 11.1 Å². The van der Waals surface area contributed by atoms with Crippen molar-refractivity contribution in [2.45, 2.75) is 13.0 Å². The van der Waals surface area contributed by atoms with Crippen LogP contribution in [0.5, 0.6) is 0 Å². The van der Waals surface area contributed by atoms with Crippen molar-refractivity contribution in [2.75, 3.05) is 13.1 Å². The minimum absolute atomic E-state index is 0.372. The van der Waals surface area contributed by atoms with Crippen molar-refractivity contribution in [3.63, 3.8) is 0 Å². The number of hydrogen-bond donors (Lipinski definition) is 2.